The molecule has 0 saturated heterocycles. The Kier molecular flexibility index (Phi) is 2.80. The number of oxazole rings is 1. The molecule has 0 radical (unpaired) electrons. The third-order valence-corrected chi connectivity index (χ3v) is 3.47. The molecule has 0 amide bonds. The molecule has 0 fully saturated rings. The molecule has 1 aliphatic carbocycles. The number of phenolic OH excluding ortho intramolecular Hbond substituents is 1. The summed E-state index contributed by atoms with van der Waals surface area (Å²) in [5, 5.41) is 9.47. The molecular weight excluding hydrogens is 228 g/mol. The van der Waals surface area contributed by atoms with E-state index in [2.05, 4.69) is 4.98 Å². The Hall–Kier alpha value is -1.81. The molecule has 3 rings (SSSR count). The van der Waals surface area contributed by atoms with Crippen molar-refractivity contribution in [2.24, 2.45) is 11.7 Å². The van der Waals surface area contributed by atoms with Gasteiger partial charge in [-0.25, -0.2) is 4.98 Å². The van der Waals surface area contributed by atoms with Crippen LogP contribution in [0.15, 0.2) is 28.7 Å². The van der Waals surface area contributed by atoms with Gasteiger partial charge in [-0.05, 0) is 43.5 Å². The van der Waals surface area contributed by atoms with Crippen LogP contribution in [0.2, 0.25) is 0 Å². The molecule has 1 unspecified atom stereocenters. The first kappa shape index (κ1) is 11.3. The van der Waals surface area contributed by atoms with E-state index in [0.29, 0.717) is 18.4 Å². The summed E-state index contributed by atoms with van der Waals surface area (Å²) in [6.07, 6.45) is 2.88. The van der Waals surface area contributed by atoms with Crippen LogP contribution in [0.1, 0.15) is 17.9 Å². The fourth-order valence-electron chi connectivity index (χ4n) is 2.41. The molecule has 0 bridgehead atoms. The van der Waals surface area contributed by atoms with Gasteiger partial charge in [-0.3, -0.25) is 0 Å². The average molecular weight is 244 g/mol. The molecule has 1 aromatic carbocycles. The third-order valence-electron chi connectivity index (χ3n) is 3.47. The number of nitrogens with zero attached hydrogens (tertiary/aromatic N) is 1. The van der Waals surface area contributed by atoms with Crippen LogP contribution in [-0.4, -0.2) is 16.6 Å². The number of nitrogens with two attached hydrogens (primary N) is 1. The number of benzene rings is 1. The molecule has 3 N–H and O–H groups in total. The number of hydrogen-bond acceptors (Lipinski definition) is 4. The number of aromatic nitrogens is 1. The zero-order valence-electron chi connectivity index (χ0n) is 10.1. The SMILES string of the molecule is NCC1CCc2nc(-c3cccc(O)c3)oc2C1. The van der Waals surface area contributed by atoms with Gasteiger partial charge in [0.1, 0.15) is 11.5 Å². The van der Waals surface area contributed by atoms with E-state index in [-0.39, 0.29) is 5.75 Å². The van der Waals surface area contributed by atoms with Crippen LogP contribution in [0, 0.1) is 5.92 Å². The summed E-state index contributed by atoms with van der Waals surface area (Å²) in [7, 11) is 0. The number of aryl methyl sites for hydroxylation is 1. The van der Waals surface area contributed by atoms with E-state index in [1.807, 2.05) is 6.07 Å². The second kappa shape index (κ2) is 4.46. The lowest BCUT2D eigenvalue weighted by atomic mass is 9.91. The maximum atomic E-state index is 9.47. The van der Waals surface area contributed by atoms with E-state index in [4.69, 9.17) is 10.2 Å². The number of fused-ring (bicyclic) bond motifs is 1. The van der Waals surface area contributed by atoms with E-state index < -0.39 is 0 Å². The lowest BCUT2D eigenvalue weighted by Crippen LogP contribution is -2.21. The van der Waals surface area contributed by atoms with Crippen LogP contribution in [-0.2, 0) is 12.8 Å². The van der Waals surface area contributed by atoms with Crippen molar-refractivity contribution in [3.8, 4) is 17.2 Å². The number of hydrogen-bond donors (Lipinski definition) is 2. The van der Waals surface area contributed by atoms with Crippen molar-refractivity contribution in [2.75, 3.05) is 6.54 Å². The van der Waals surface area contributed by atoms with Gasteiger partial charge in [-0.2, -0.15) is 0 Å². The quantitative estimate of drug-likeness (QED) is 0.848. The molecule has 4 nitrogen and oxygen atoms in total. The summed E-state index contributed by atoms with van der Waals surface area (Å²) < 4.78 is 5.80. The lowest BCUT2D eigenvalue weighted by Gasteiger charge is -2.17. The van der Waals surface area contributed by atoms with Crippen LogP contribution in [0.4, 0.5) is 0 Å². The molecule has 1 aliphatic rings. The Morgan fingerprint density at radius 2 is 2.33 bits per heavy atom. The predicted octanol–water partition coefficient (Wildman–Crippen LogP) is 2.11. The highest BCUT2D eigenvalue weighted by Crippen LogP contribution is 2.30. The maximum absolute atomic E-state index is 9.47. The summed E-state index contributed by atoms with van der Waals surface area (Å²) in [4.78, 5) is 4.51. The first-order valence-electron chi connectivity index (χ1n) is 6.24. The van der Waals surface area contributed by atoms with Crippen LogP contribution in [0.25, 0.3) is 11.5 Å². The van der Waals surface area contributed by atoms with Crippen molar-refractivity contribution < 1.29 is 9.52 Å². The van der Waals surface area contributed by atoms with Crippen molar-refractivity contribution in [1.29, 1.82) is 0 Å². The summed E-state index contributed by atoms with van der Waals surface area (Å²) in [5.41, 5.74) is 7.56. The normalized spacial score (nSPS) is 18.6. The summed E-state index contributed by atoms with van der Waals surface area (Å²) in [5.74, 6) is 2.27. The monoisotopic (exact) mass is 244 g/mol. The maximum Gasteiger partial charge on any atom is 0.226 e. The summed E-state index contributed by atoms with van der Waals surface area (Å²) in [6.45, 7) is 0.696. The fourth-order valence-corrected chi connectivity index (χ4v) is 2.41. The second-order valence-electron chi connectivity index (χ2n) is 4.78. The summed E-state index contributed by atoms with van der Waals surface area (Å²) >= 11 is 0. The molecule has 0 spiro atoms. The third kappa shape index (κ3) is 1.99. The second-order valence-corrected chi connectivity index (χ2v) is 4.78. The highest BCUT2D eigenvalue weighted by Gasteiger charge is 2.23. The Bertz CT molecular complexity index is 563. The van der Waals surface area contributed by atoms with Gasteiger partial charge in [0.25, 0.3) is 0 Å². The fraction of sp³-hybridized carbons (Fsp3) is 0.357. The largest absolute Gasteiger partial charge is 0.508 e. The van der Waals surface area contributed by atoms with Crippen LogP contribution in [0.3, 0.4) is 0 Å². The van der Waals surface area contributed by atoms with Crippen molar-refractivity contribution in [2.45, 2.75) is 19.3 Å². The first-order chi connectivity index (χ1) is 8.76. The average Bonchev–Trinajstić information content (AvgIpc) is 2.81. The molecular formula is C14H16N2O2. The number of aromatic hydroxyl groups is 1. The molecule has 2 aromatic rings. The molecule has 0 aliphatic heterocycles. The Balaban J connectivity index is 1.94. The molecule has 1 aromatic heterocycles. The first-order valence-corrected chi connectivity index (χ1v) is 6.24. The van der Waals surface area contributed by atoms with Gasteiger partial charge < -0.3 is 15.3 Å². The topological polar surface area (TPSA) is 72.3 Å². The van der Waals surface area contributed by atoms with Gasteiger partial charge in [-0.15, -0.1) is 0 Å². The van der Waals surface area contributed by atoms with Crippen molar-refractivity contribution >= 4 is 0 Å². The van der Waals surface area contributed by atoms with Gasteiger partial charge in [-0.1, -0.05) is 6.07 Å². The minimum absolute atomic E-state index is 0.225. The lowest BCUT2D eigenvalue weighted by molar-refractivity contribution is 0.401. The van der Waals surface area contributed by atoms with Gasteiger partial charge in [0.05, 0.1) is 5.69 Å². The number of rotatable bonds is 2. The van der Waals surface area contributed by atoms with E-state index in [1.165, 1.54) is 0 Å². The molecule has 1 heterocycles. The summed E-state index contributed by atoms with van der Waals surface area (Å²) in [6, 6.07) is 6.97. The van der Waals surface area contributed by atoms with Gasteiger partial charge in [0.2, 0.25) is 5.89 Å². The minimum atomic E-state index is 0.225. The molecule has 1 atom stereocenters. The molecule has 94 valence electrons. The van der Waals surface area contributed by atoms with Crippen molar-refractivity contribution in [3.05, 3.63) is 35.7 Å². The van der Waals surface area contributed by atoms with Crippen LogP contribution >= 0.6 is 0 Å². The zero-order valence-corrected chi connectivity index (χ0v) is 10.1. The van der Waals surface area contributed by atoms with Gasteiger partial charge >= 0.3 is 0 Å². The highest BCUT2D eigenvalue weighted by molar-refractivity contribution is 5.56. The van der Waals surface area contributed by atoms with E-state index >= 15 is 0 Å². The molecule has 18 heavy (non-hydrogen) atoms. The smallest absolute Gasteiger partial charge is 0.226 e. The van der Waals surface area contributed by atoms with E-state index in [9.17, 15) is 5.11 Å². The van der Waals surface area contributed by atoms with Crippen LogP contribution < -0.4 is 5.73 Å². The highest BCUT2D eigenvalue weighted by atomic mass is 16.4. The molecule has 0 saturated carbocycles. The predicted molar refractivity (Wildman–Crippen MR) is 68.2 cm³/mol. The van der Waals surface area contributed by atoms with Crippen molar-refractivity contribution in [3.63, 3.8) is 0 Å². The zero-order chi connectivity index (χ0) is 12.5. The van der Waals surface area contributed by atoms with Crippen LogP contribution in [0.5, 0.6) is 5.75 Å². The Labute approximate surface area is 105 Å². The standard InChI is InChI=1S/C14H16N2O2/c15-8-9-4-5-12-13(6-9)18-14(16-12)10-2-1-3-11(17)7-10/h1-3,7,9,17H,4-6,8,15H2. The Morgan fingerprint density at radius 3 is 3.11 bits per heavy atom. The number of phenols is 1. The Morgan fingerprint density at radius 1 is 1.44 bits per heavy atom. The molecule has 4 heteroatoms. The van der Waals surface area contributed by atoms with Gasteiger partial charge in [0.15, 0.2) is 0 Å². The van der Waals surface area contributed by atoms with Crippen molar-refractivity contribution in [1.82, 2.24) is 4.98 Å². The van der Waals surface area contributed by atoms with Gasteiger partial charge in [0, 0.05) is 12.0 Å². The van der Waals surface area contributed by atoms with E-state index in [0.717, 1.165) is 36.3 Å². The van der Waals surface area contributed by atoms with E-state index in [1.54, 1.807) is 18.2 Å². The minimum Gasteiger partial charge on any atom is -0.508 e.